The van der Waals surface area contributed by atoms with Crippen LogP contribution in [0.1, 0.15) is 16.7 Å². The molecule has 6 nitrogen and oxygen atoms in total. The Morgan fingerprint density at radius 1 is 0.793 bits per heavy atom. The predicted molar refractivity (Wildman–Crippen MR) is 114 cm³/mol. The summed E-state index contributed by atoms with van der Waals surface area (Å²) < 4.78 is 10.4. The van der Waals surface area contributed by atoms with Gasteiger partial charge in [-0.1, -0.05) is 18.2 Å². The summed E-state index contributed by atoms with van der Waals surface area (Å²) >= 11 is 0. The van der Waals surface area contributed by atoms with E-state index < -0.39 is 0 Å². The van der Waals surface area contributed by atoms with Crippen molar-refractivity contribution in [3.63, 3.8) is 0 Å². The molecule has 0 aliphatic carbocycles. The van der Waals surface area contributed by atoms with Crippen molar-refractivity contribution in [3.8, 4) is 23.0 Å². The van der Waals surface area contributed by atoms with Crippen molar-refractivity contribution in [2.45, 2.75) is 6.54 Å². The van der Waals surface area contributed by atoms with Crippen LogP contribution in [0.3, 0.4) is 0 Å². The van der Waals surface area contributed by atoms with Crippen LogP contribution in [0.2, 0.25) is 0 Å². The van der Waals surface area contributed by atoms with E-state index in [0.29, 0.717) is 29.2 Å². The van der Waals surface area contributed by atoms with Gasteiger partial charge in [0.15, 0.2) is 0 Å². The Balaban J connectivity index is 1.79. The number of phenolic OH excluding ortho intramolecular Hbond substituents is 2. The molecule has 0 amide bonds. The largest absolute Gasteiger partial charge is 0.507 e. The van der Waals surface area contributed by atoms with Crippen molar-refractivity contribution in [2.24, 2.45) is 9.98 Å². The van der Waals surface area contributed by atoms with E-state index in [-0.39, 0.29) is 11.5 Å². The fourth-order valence-corrected chi connectivity index (χ4v) is 2.68. The maximum Gasteiger partial charge on any atom is 0.124 e. The first-order valence-corrected chi connectivity index (χ1v) is 8.96. The zero-order valence-corrected chi connectivity index (χ0v) is 16.2. The van der Waals surface area contributed by atoms with E-state index >= 15 is 0 Å². The third-order valence-electron chi connectivity index (χ3n) is 4.30. The molecule has 0 radical (unpaired) electrons. The molecule has 3 rings (SSSR count). The topological polar surface area (TPSA) is 83.6 Å². The molecule has 148 valence electrons. The second kappa shape index (κ2) is 9.41. The summed E-state index contributed by atoms with van der Waals surface area (Å²) in [6.07, 6.45) is 3.19. The number of aliphatic imine (C=N–C) groups is 2. The molecule has 0 aliphatic heterocycles. The van der Waals surface area contributed by atoms with Crippen molar-refractivity contribution >= 4 is 18.1 Å². The van der Waals surface area contributed by atoms with Crippen LogP contribution in [-0.2, 0) is 6.54 Å². The zero-order valence-electron chi connectivity index (χ0n) is 16.2. The van der Waals surface area contributed by atoms with E-state index in [4.69, 9.17) is 9.47 Å². The molecular formula is C23H22N2O4. The molecule has 3 aromatic carbocycles. The number of benzene rings is 3. The molecule has 0 aliphatic rings. The zero-order chi connectivity index (χ0) is 20.6. The molecule has 0 unspecified atom stereocenters. The van der Waals surface area contributed by atoms with Gasteiger partial charge in [0.1, 0.15) is 23.0 Å². The van der Waals surface area contributed by atoms with Gasteiger partial charge in [-0.05, 0) is 48.0 Å². The second-order valence-electron chi connectivity index (χ2n) is 6.21. The number of nitrogens with zero attached hydrogens (tertiary/aromatic N) is 2. The van der Waals surface area contributed by atoms with E-state index in [1.165, 1.54) is 0 Å². The number of methoxy groups -OCH3 is 2. The summed E-state index contributed by atoms with van der Waals surface area (Å²) in [5.41, 5.74) is 2.78. The summed E-state index contributed by atoms with van der Waals surface area (Å²) in [5.74, 6) is 1.54. The van der Waals surface area contributed by atoms with E-state index in [2.05, 4.69) is 9.98 Å². The highest BCUT2D eigenvalue weighted by atomic mass is 16.5. The molecule has 6 heteroatoms. The summed E-state index contributed by atoms with van der Waals surface area (Å²) in [4.78, 5) is 8.92. The van der Waals surface area contributed by atoms with Crippen LogP contribution in [0.4, 0.5) is 5.69 Å². The van der Waals surface area contributed by atoms with Crippen molar-refractivity contribution < 1.29 is 19.7 Å². The van der Waals surface area contributed by atoms with Gasteiger partial charge < -0.3 is 19.7 Å². The fraction of sp³-hybridized carbons (Fsp3) is 0.130. The number of para-hydroxylation sites is 1. The van der Waals surface area contributed by atoms with Gasteiger partial charge in [0.05, 0.1) is 26.5 Å². The Bertz CT molecular complexity index is 1040. The molecule has 2 N–H and O–H groups in total. The average molecular weight is 390 g/mol. The Labute approximate surface area is 169 Å². The highest BCUT2D eigenvalue weighted by Gasteiger charge is 2.04. The maximum absolute atomic E-state index is 10.0. The molecule has 29 heavy (non-hydrogen) atoms. The highest BCUT2D eigenvalue weighted by Crippen LogP contribution is 2.25. The third kappa shape index (κ3) is 5.13. The lowest BCUT2D eigenvalue weighted by molar-refractivity contribution is 0.412. The molecule has 0 heterocycles. The number of rotatable bonds is 7. The lowest BCUT2D eigenvalue weighted by atomic mass is 10.1. The molecule has 0 aromatic heterocycles. The Morgan fingerprint density at radius 2 is 1.38 bits per heavy atom. The van der Waals surface area contributed by atoms with Gasteiger partial charge in [0.2, 0.25) is 0 Å². The smallest absolute Gasteiger partial charge is 0.124 e. The van der Waals surface area contributed by atoms with Gasteiger partial charge in [-0.2, -0.15) is 0 Å². The van der Waals surface area contributed by atoms with Crippen LogP contribution in [0.25, 0.3) is 0 Å². The monoisotopic (exact) mass is 390 g/mol. The first-order valence-electron chi connectivity index (χ1n) is 8.96. The first kappa shape index (κ1) is 19.9. The van der Waals surface area contributed by atoms with Crippen molar-refractivity contribution in [2.75, 3.05) is 14.2 Å². The van der Waals surface area contributed by atoms with Crippen molar-refractivity contribution in [1.82, 2.24) is 0 Å². The van der Waals surface area contributed by atoms with E-state index in [9.17, 15) is 10.2 Å². The summed E-state index contributed by atoms with van der Waals surface area (Å²) in [5, 5.41) is 20.0. The Kier molecular flexibility index (Phi) is 6.47. The van der Waals surface area contributed by atoms with Crippen LogP contribution in [0, 0.1) is 0 Å². The molecule has 0 saturated carbocycles. The molecule has 0 atom stereocenters. The minimum atomic E-state index is 0.124. The number of phenols is 2. The maximum atomic E-state index is 10.0. The lowest BCUT2D eigenvalue weighted by Crippen LogP contribution is -1.90. The SMILES string of the molecule is COc1ccc(O)c(C=NCc2ccccc2N=Cc2cc(OC)ccc2O)c1. The normalized spacial score (nSPS) is 11.2. The van der Waals surface area contributed by atoms with Crippen molar-refractivity contribution in [1.29, 1.82) is 0 Å². The van der Waals surface area contributed by atoms with E-state index in [1.54, 1.807) is 63.0 Å². The van der Waals surface area contributed by atoms with Crippen LogP contribution < -0.4 is 9.47 Å². The molecule has 0 fully saturated rings. The quantitative estimate of drug-likeness (QED) is 0.583. The Hall–Kier alpha value is -3.80. The van der Waals surface area contributed by atoms with Crippen molar-refractivity contribution in [3.05, 3.63) is 77.4 Å². The lowest BCUT2D eigenvalue weighted by Gasteiger charge is -2.05. The molecule has 3 aromatic rings. The van der Waals surface area contributed by atoms with Crippen LogP contribution in [-0.4, -0.2) is 36.9 Å². The van der Waals surface area contributed by atoms with E-state index in [1.807, 2.05) is 24.3 Å². The number of ether oxygens (including phenoxy) is 2. The Morgan fingerprint density at radius 3 is 2.00 bits per heavy atom. The van der Waals surface area contributed by atoms with Gasteiger partial charge >= 0.3 is 0 Å². The number of aromatic hydroxyl groups is 2. The van der Waals surface area contributed by atoms with Gasteiger partial charge in [-0.15, -0.1) is 0 Å². The van der Waals surface area contributed by atoms with Crippen LogP contribution in [0.5, 0.6) is 23.0 Å². The number of hydrogen-bond donors (Lipinski definition) is 2. The van der Waals surface area contributed by atoms with Crippen LogP contribution in [0.15, 0.2) is 70.6 Å². The molecule has 0 spiro atoms. The van der Waals surface area contributed by atoms with Gasteiger partial charge in [-0.25, -0.2) is 0 Å². The minimum absolute atomic E-state index is 0.124. The fourth-order valence-electron chi connectivity index (χ4n) is 2.68. The summed E-state index contributed by atoms with van der Waals surface area (Å²) in [7, 11) is 3.14. The summed E-state index contributed by atoms with van der Waals surface area (Å²) in [6.45, 7) is 0.383. The van der Waals surface area contributed by atoms with Crippen LogP contribution >= 0.6 is 0 Å². The third-order valence-corrected chi connectivity index (χ3v) is 4.30. The highest BCUT2D eigenvalue weighted by molar-refractivity contribution is 5.86. The molecule has 0 bridgehead atoms. The molecular weight excluding hydrogens is 368 g/mol. The minimum Gasteiger partial charge on any atom is -0.507 e. The number of hydrogen-bond acceptors (Lipinski definition) is 6. The van der Waals surface area contributed by atoms with E-state index in [0.717, 1.165) is 11.3 Å². The summed E-state index contributed by atoms with van der Waals surface area (Å²) in [6, 6.07) is 17.5. The average Bonchev–Trinajstić information content (AvgIpc) is 2.75. The van der Waals surface area contributed by atoms with Gasteiger partial charge in [0.25, 0.3) is 0 Å². The first-order chi connectivity index (χ1) is 14.1. The second-order valence-corrected chi connectivity index (χ2v) is 6.21. The molecule has 0 saturated heterocycles. The standard InChI is InChI=1S/C23H22N2O4/c1-28-19-7-9-22(26)17(11-19)14-24-13-16-5-3-4-6-21(16)25-15-18-12-20(29-2)8-10-23(18)27/h3-12,14-15,26-27H,13H2,1-2H3. The predicted octanol–water partition coefficient (Wildman–Crippen LogP) is 4.48. The van der Waals surface area contributed by atoms with Gasteiger partial charge in [-0.3, -0.25) is 9.98 Å². The van der Waals surface area contributed by atoms with Gasteiger partial charge in [0, 0.05) is 23.6 Å².